The lowest BCUT2D eigenvalue weighted by atomic mass is 9.94. The molecule has 3 rings (SSSR count). The third-order valence-corrected chi connectivity index (χ3v) is 4.78. The molecule has 1 amide bonds. The molecule has 3 atom stereocenters. The molecule has 146 valence electrons. The summed E-state index contributed by atoms with van der Waals surface area (Å²) >= 11 is 0. The van der Waals surface area contributed by atoms with Gasteiger partial charge in [-0.05, 0) is 43.5 Å². The molecule has 5 nitrogen and oxygen atoms in total. The summed E-state index contributed by atoms with van der Waals surface area (Å²) in [6, 6.07) is 5.60. The fourth-order valence-corrected chi connectivity index (χ4v) is 3.64. The zero-order valence-corrected chi connectivity index (χ0v) is 15.1. The van der Waals surface area contributed by atoms with Gasteiger partial charge in [-0.1, -0.05) is 6.92 Å². The molecule has 1 saturated heterocycles. The van der Waals surface area contributed by atoms with E-state index in [4.69, 9.17) is 0 Å². The summed E-state index contributed by atoms with van der Waals surface area (Å²) in [6.07, 6.45) is -3.49. The van der Waals surface area contributed by atoms with E-state index < -0.39 is 23.8 Å². The molecule has 2 heterocycles. The zero-order valence-electron chi connectivity index (χ0n) is 15.1. The maximum Gasteiger partial charge on any atom is 0.418 e. The van der Waals surface area contributed by atoms with Crippen molar-refractivity contribution in [3.63, 3.8) is 0 Å². The Balaban J connectivity index is 1.96. The van der Waals surface area contributed by atoms with Crippen molar-refractivity contribution >= 4 is 22.5 Å². The van der Waals surface area contributed by atoms with Gasteiger partial charge < -0.3 is 15.3 Å². The maximum atomic E-state index is 13.3. The lowest BCUT2D eigenvalue weighted by molar-refractivity contribution is -0.136. The van der Waals surface area contributed by atoms with Gasteiger partial charge >= 0.3 is 6.18 Å². The Kier molecular flexibility index (Phi) is 5.28. The Morgan fingerprint density at radius 1 is 1.33 bits per heavy atom. The minimum Gasteiger partial charge on any atom is -0.384 e. The normalized spacial score (nSPS) is 21.9. The Hall–Kier alpha value is -2.35. The summed E-state index contributed by atoms with van der Waals surface area (Å²) < 4.78 is 39.9. The fourth-order valence-electron chi connectivity index (χ4n) is 3.64. The van der Waals surface area contributed by atoms with Crippen molar-refractivity contribution in [3.05, 3.63) is 36.0 Å². The number of pyridine rings is 1. The minimum absolute atomic E-state index is 0.0784. The average molecular weight is 381 g/mol. The van der Waals surface area contributed by atoms with Crippen LogP contribution in [0.4, 0.5) is 18.9 Å². The first-order valence-corrected chi connectivity index (χ1v) is 8.85. The fraction of sp³-hybridized carbons (Fsp3) is 0.474. The van der Waals surface area contributed by atoms with E-state index in [2.05, 4.69) is 10.3 Å². The van der Waals surface area contributed by atoms with Crippen molar-refractivity contribution in [3.8, 4) is 0 Å². The van der Waals surface area contributed by atoms with Crippen LogP contribution in [0, 0.1) is 5.92 Å². The largest absolute Gasteiger partial charge is 0.418 e. The quantitative estimate of drug-likeness (QED) is 0.858. The third kappa shape index (κ3) is 4.16. The minimum atomic E-state index is -4.48. The van der Waals surface area contributed by atoms with Crippen molar-refractivity contribution in [2.75, 3.05) is 18.0 Å². The number of carbonyl (C=O) groups excluding carboxylic acids is 1. The molecule has 1 aromatic heterocycles. The van der Waals surface area contributed by atoms with Crippen LogP contribution >= 0.6 is 0 Å². The van der Waals surface area contributed by atoms with E-state index >= 15 is 0 Å². The van der Waals surface area contributed by atoms with Crippen molar-refractivity contribution in [2.45, 2.75) is 38.6 Å². The van der Waals surface area contributed by atoms with Crippen LogP contribution in [0.1, 0.15) is 25.8 Å². The summed E-state index contributed by atoms with van der Waals surface area (Å²) in [6.45, 7) is 4.54. The van der Waals surface area contributed by atoms with Crippen LogP contribution in [0.25, 0.3) is 10.9 Å². The molecular weight excluding hydrogens is 359 g/mol. The molecule has 0 bridgehead atoms. The lowest BCUT2D eigenvalue weighted by Gasteiger charge is -2.39. The Morgan fingerprint density at radius 3 is 2.74 bits per heavy atom. The van der Waals surface area contributed by atoms with E-state index in [0.29, 0.717) is 24.2 Å². The van der Waals surface area contributed by atoms with E-state index in [1.165, 1.54) is 19.2 Å². The number of aliphatic hydroxyl groups excluding tert-OH is 1. The molecule has 2 N–H and O–H groups in total. The molecule has 1 fully saturated rings. The van der Waals surface area contributed by atoms with E-state index in [-0.39, 0.29) is 17.5 Å². The van der Waals surface area contributed by atoms with Gasteiger partial charge in [-0.15, -0.1) is 0 Å². The standard InChI is InChI=1S/C19H22F3N3O2/c1-11-8-13(24-18(27)12(2)26)10-25(9-11)16-6-5-15(19(20,21)22)17-14(16)4-3-7-23-17/h3-7,11-13,26H,8-10H2,1-2H3,(H,24,27)/t11-,12?,13+/m0/s1. The number of alkyl halides is 3. The number of aromatic nitrogens is 1. The van der Waals surface area contributed by atoms with Gasteiger partial charge in [0.15, 0.2) is 0 Å². The smallest absolute Gasteiger partial charge is 0.384 e. The Bertz CT molecular complexity index is 839. The number of hydrogen-bond donors (Lipinski definition) is 2. The first kappa shape index (κ1) is 19.4. The Labute approximate surface area is 155 Å². The van der Waals surface area contributed by atoms with E-state index in [0.717, 1.165) is 12.5 Å². The van der Waals surface area contributed by atoms with Crippen LogP contribution in [-0.4, -0.2) is 41.2 Å². The molecule has 0 radical (unpaired) electrons. The predicted molar refractivity (Wildman–Crippen MR) is 96.4 cm³/mol. The molecule has 2 aromatic rings. The molecule has 1 aromatic carbocycles. The first-order valence-electron chi connectivity index (χ1n) is 8.85. The van der Waals surface area contributed by atoms with Gasteiger partial charge in [0.05, 0.1) is 11.1 Å². The van der Waals surface area contributed by atoms with E-state index in [1.807, 2.05) is 11.8 Å². The number of piperidine rings is 1. The monoisotopic (exact) mass is 381 g/mol. The van der Waals surface area contributed by atoms with Crippen LogP contribution in [0.15, 0.2) is 30.5 Å². The topological polar surface area (TPSA) is 65.5 Å². The number of benzene rings is 1. The van der Waals surface area contributed by atoms with Crippen molar-refractivity contribution in [2.24, 2.45) is 5.92 Å². The summed E-state index contributed by atoms with van der Waals surface area (Å²) in [5.74, 6) is -0.222. The number of anilines is 1. The molecule has 1 aliphatic rings. The average Bonchev–Trinajstić information content (AvgIpc) is 2.59. The number of amides is 1. The van der Waals surface area contributed by atoms with Crippen molar-refractivity contribution < 1.29 is 23.1 Å². The predicted octanol–water partition coefficient (Wildman–Crippen LogP) is 2.97. The second-order valence-electron chi connectivity index (χ2n) is 7.16. The van der Waals surface area contributed by atoms with Crippen LogP contribution < -0.4 is 10.2 Å². The van der Waals surface area contributed by atoms with E-state index in [9.17, 15) is 23.1 Å². The summed E-state index contributed by atoms with van der Waals surface area (Å²) in [4.78, 5) is 17.8. The van der Waals surface area contributed by atoms with Gasteiger partial charge in [0, 0.05) is 36.4 Å². The number of fused-ring (bicyclic) bond motifs is 1. The molecule has 1 aliphatic heterocycles. The molecule has 8 heteroatoms. The molecule has 0 spiro atoms. The van der Waals surface area contributed by atoms with Gasteiger partial charge in [0.1, 0.15) is 6.10 Å². The van der Waals surface area contributed by atoms with Crippen LogP contribution in [0.3, 0.4) is 0 Å². The van der Waals surface area contributed by atoms with Gasteiger partial charge in [0.2, 0.25) is 5.91 Å². The van der Waals surface area contributed by atoms with Crippen LogP contribution in [-0.2, 0) is 11.0 Å². The highest BCUT2D eigenvalue weighted by molar-refractivity contribution is 5.94. The van der Waals surface area contributed by atoms with Gasteiger partial charge in [-0.3, -0.25) is 9.78 Å². The number of hydrogen-bond acceptors (Lipinski definition) is 4. The number of halogens is 3. The highest BCUT2D eigenvalue weighted by atomic mass is 19.4. The molecule has 1 unspecified atom stereocenters. The molecule has 0 saturated carbocycles. The highest BCUT2D eigenvalue weighted by Crippen LogP contribution is 2.38. The van der Waals surface area contributed by atoms with Gasteiger partial charge in [-0.2, -0.15) is 13.2 Å². The second-order valence-corrected chi connectivity index (χ2v) is 7.16. The molecular formula is C19H22F3N3O2. The first-order chi connectivity index (χ1) is 12.7. The van der Waals surface area contributed by atoms with Crippen LogP contribution in [0.2, 0.25) is 0 Å². The summed E-state index contributed by atoms with van der Waals surface area (Å²) in [5.41, 5.74) is -0.176. The van der Waals surface area contributed by atoms with Gasteiger partial charge in [0.25, 0.3) is 0 Å². The second kappa shape index (κ2) is 7.34. The highest BCUT2D eigenvalue weighted by Gasteiger charge is 2.35. The molecule has 27 heavy (non-hydrogen) atoms. The number of carbonyl (C=O) groups is 1. The van der Waals surface area contributed by atoms with Crippen LogP contribution in [0.5, 0.6) is 0 Å². The lowest BCUT2D eigenvalue weighted by Crippen LogP contribution is -2.52. The molecule has 0 aliphatic carbocycles. The zero-order chi connectivity index (χ0) is 19.8. The Morgan fingerprint density at radius 2 is 2.07 bits per heavy atom. The third-order valence-electron chi connectivity index (χ3n) is 4.78. The van der Waals surface area contributed by atoms with Gasteiger partial charge in [-0.25, -0.2) is 0 Å². The maximum absolute atomic E-state index is 13.3. The van der Waals surface area contributed by atoms with Crippen molar-refractivity contribution in [1.82, 2.24) is 10.3 Å². The SMILES string of the molecule is CC(O)C(=O)N[C@@H]1C[C@H](C)CN(c2ccc(C(F)(F)F)c3ncccc23)C1. The van der Waals surface area contributed by atoms with Crippen molar-refractivity contribution in [1.29, 1.82) is 0 Å². The number of nitrogens with zero attached hydrogens (tertiary/aromatic N) is 2. The summed E-state index contributed by atoms with van der Waals surface area (Å²) in [5, 5.41) is 12.6. The van der Waals surface area contributed by atoms with E-state index in [1.54, 1.807) is 12.1 Å². The number of aliphatic hydroxyl groups is 1. The number of rotatable bonds is 3. The number of nitrogens with one attached hydrogen (secondary N) is 1. The summed E-state index contributed by atoms with van der Waals surface area (Å²) in [7, 11) is 0.